The molecule has 98 valence electrons. The van der Waals surface area contributed by atoms with Crippen molar-refractivity contribution >= 4 is 11.9 Å². The van der Waals surface area contributed by atoms with Gasteiger partial charge in [0.1, 0.15) is 0 Å². The molecular formula is C12H11N3O4. The van der Waals surface area contributed by atoms with Crippen LogP contribution in [0.4, 0.5) is 0 Å². The number of pyridine rings is 1. The van der Waals surface area contributed by atoms with Crippen molar-refractivity contribution in [2.45, 2.75) is 6.92 Å². The van der Waals surface area contributed by atoms with Crippen molar-refractivity contribution in [2.24, 2.45) is 0 Å². The maximum atomic E-state index is 11.4. The van der Waals surface area contributed by atoms with E-state index >= 15 is 0 Å². The number of aromatic nitrogens is 3. The van der Waals surface area contributed by atoms with Crippen LogP contribution < -0.4 is 0 Å². The summed E-state index contributed by atoms with van der Waals surface area (Å²) in [5, 5.41) is 12.7. The van der Waals surface area contributed by atoms with Gasteiger partial charge in [0.25, 0.3) is 0 Å². The summed E-state index contributed by atoms with van der Waals surface area (Å²) in [6.45, 7) is 2.01. The molecule has 0 aliphatic carbocycles. The summed E-state index contributed by atoms with van der Waals surface area (Å²) < 4.78 is 6.15. The van der Waals surface area contributed by atoms with Gasteiger partial charge in [-0.3, -0.25) is 0 Å². The van der Waals surface area contributed by atoms with Crippen LogP contribution in [-0.4, -0.2) is 38.4 Å². The molecule has 0 spiro atoms. The zero-order valence-electron chi connectivity index (χ0n) is 10.1. The van der Waals surface area contributed by atoms with Crippen molar-refractivity contribution in [3.05, 3.63) is 41.9 Å². The Morgan fingerprint density at radius 1 is 1.32 bits per heavy atom. The fourth-order valence-electron chi connectivity index (χ4n) is 1.42. The van der Waals surface area contributed by atoms with Crippen LogP contribution in [0, 0.1) is 0 Å². The number of carbonyl (C=O) groups is 2. The summed E-state index contributed by atoms with van der Waals surface area (Å²) in [7, 11) is 0. The lowest BCUT2D eigenvalue weighted by Crippen LogP contribution is -2.06. The summed E-state index contributed by atoms with van der Waals surface area (Å²) >= 11 is 0. The average molecular weight is 261 g/mol. The minimum absolute atomic E-state index is 0.0660. The van der Waals surface area contributed by atoms with Gasteiger partial charge in [-0.25, -0.2) is 19.3 Å². The number of carbonyl (C=O) groups excluding carboxylic acids is 1. The normalized spacial score (nSPS) is 10.2. The van der Waals surface area contributed by atoms with E-state index < -0.39 is 11.9 Å². The SMILES string of the molecule is CCOC(=O)c1ccc(-n2cc(C(=O)O)cn2)nc1. The Morgan fingerprint density at radius 2 is 2.11 bits per heavy atom. The molecule has 1 N–H and O–H groups in total. The summed E-state index contributed by atoms with van der Waals surface area (Å²) in [5.74, 6) is -1.09. The standard InChI is InChI=1S/C12H11N3O4/c1-2-19-12(18)8-3-4-10(13-5-8)15-7-9(6-14-15)11(16)17/h3-7H,2H2,1H3,(H,16,17). The highest BCUT2D eigenvalue weighted by molar-refractivity contribution is 5.89. The first kappa shape index (κ1) is 12.7. The Kier molecular flexibility index (Phi) is 3.56. The van der Waals surface area contributed by atoms with Crippen LogP contribution in [0.2, 0.25) is 0 Å². The smallest absolute Gasteiger partial charge is 0.339 e. The Labute approximate surface area is 108 Å². The van der Waals surface area contributed by atoms with Crippen LogP contribution in [0.1, 0.15) is 27.6 Å². The van der Waals surface area contributed by atoms with Crippen LogP contribution in [0.3, 0.4) is 0 Å². The molecule has 0 aliphatic heterocycles. The number of nitrogens with zero attached hydrogens (tertiary/aromatic N) is 3. The Bertz CT molecular complexity index is 604. The third-order valence-corrected chi connectivity index (χ3v) is 2.32. The van der Waals surface area contributed by atoms with Gasteiger partial charge in [0.2, 0.25) is 0 Å². The first-order chi connectivity index (χ1) is 9.11. The fraction of sp³-hybridized carbons (Fsp3) is 0.167. The molecule has 0 saturated carbocycles. The van der Waals surface area contributed by atoms with E-state index in [1.54, 1.807) is 19.1 Å². The second-order valence-electron chi connectivity index (χ2n) is 3.60. The number of rotatable bonds is 4. The molecule has 2 aromatic heterocycles. The fourth-order valence-corrected chi connectivity index (χ4v) is 1.42. The van der Waals surface area contributed by atoms with Gasteiger partial charge >= 0.3 is 11.9 Å². The highest BCUT2D eigenvalue weighted by Crippen LogP contribution is 2.08. The Morgan fingerprint density at radius 3 is 2.63 bits per heavy atom. The molecule has 0 atom stereocenters. The number of hydrogen-bond donors (Lipinski definition) is 1. The molecule has 0 aromatic carbocycles. The predicted molar refractivity (Wildman–Crippen MR) is 64.3 cm³/mol. The lowest BCUT2D eigenvalue weighted by Gasteiger charge is -2.03. The van der Waals surface area contributed by atoms with E-state index in [0.29, 0.717) is 18.0 Å². The van der Waals surface area contributed by atoms with Crippen molar-refractivity contribution in [3.8, 4) is 5.82 Å². The van der Waals surface area contributed by atoms with Crippen molar-refractivity contribution in [3.63, 3.8) is 0 Å². The van der Waals surface area contributed by atoms with Crippen molar-refractivity contribution in [1.29, 1.82) is 0 Å². The van der Waals surface area contributed by atoms with Crippen LogP contribution in [-0.2, 0) is 4.74 Å². The second-order valence-corrected chi connectivity index (χ2v) is 3.60. The van der Waals surface area contributed by atoms with Gasteiger partial charge in [0.15, 0.2) is 5.82 Å². The number of ether oxygens (including phenoxy) is 1. The lowest BCUT2D eigenvalue weighted by molar-refractivity contribution is 0.0525. The van der Waals surface area contributed by atoms with E-state index in [1.165, 1.54) is 23.3 Å². The monoisotopic (exact) mass is 261 g/mol. The van der Waals surface area contributed by atoms with Gasteiger partial charge in [-0.1, -0.05) is 0 Å². The predicted octanol–water partition coefficient (Wildman–Crippen LogP) is 1.14. The van der Waals surface area contributed by atoms with Crippen LogP contribution >= 0.6 is 0 Å². The van der Waals surface area contributed by atoms with Gasteiger partial charge in [0, 0.05) is 12.4 Å². The molecule has 0 fully saturated rings. The highest BCUT2D eigenvalue weighted by atomic mass is 16.5. The molecule has 0 amide bonds. The zero-order chi connectivity index (χ0) is 13.8. The quantitative estimate of drug-likeness (QED) is 0.829. The number of carboxylic acid groups (broad SMARTS) is 1. The van der Waals surface area contributed by atoms with E-state index in [9.17, 15) is 9.59 Å². The van der Waals surface area contributed by atoms with E-state index in [2.05, 4.69) is 10.1 Å². The third-order valence-electron chi connectivity index (χ3n) is 2.32. The summed E-state index contributed by atoms with van der Waals surface area (Å²) in [6.07, 6.45) is 3.92. The molecule has 2 rings (SSSR count). The third kappa shape index (κ3) is 2.76. The van der Waals surface area contributed by atoms with Gasteiger partial charge < -0.3 is 9.84 Å². The van der Waals surface area contributed by atoms with Gasteiger partial charge in [0.05, 0.1) is 23.9 Å². The first-order valence-corrected chi connectivity index (χ1v) is 5.53. The maximum absolute atomic E-state index is 11.4. The largest absolute Gasteiger partial charge is 0.478 e. The van der Waals surface area contributed by atoms with Gasteiger partial charge in [-0.15, -0.1) is 0 Å². The highest BCUT2D eigenvalue weighted by Gasteiger charge is 2.10. The van der Waals surface area contributed by atoms with Crippen molar-refractivity contribution in [1.82, 2.24) is 14.8 Å². The molecule has 7 heteroatoms. The van der Waals surface area contributed by atoms with Gasteiger partial charge in [-0.2, -0.15) is 5.10 Å². The minimum atomic E-state index is -1.06. The molecule has 2 heterocycles. The number of esters is 1. The molecule has 2 aromatic rings. The molecule has 0 bridgehead atoms. The molecule has 7 nitrogen and oxygen atoms in total. The van der Waals surface area contributed by atoms with Crippen molar-refractivity contribution < 1.29 is 19.4 Å². The molecule has 0 aliphatic rings. The molecule has 0 radical (unpaired) electrons. The first-order valence-electron chi connectivity index (χ1n) is 5.53. The molecule has 0 unspecified atom stereocenters. The molecule has 19 heavy (non-hydrogen) atoms. The maximum Gasteiger partial charge on any atom is 0.339 e. The number of carboxylic acids is 1. The Balaban J connectivity index is 2.22. The van der Waals surface area contributed by atoms with E-state index in [-0.39, 0.29) is 5.56 Å². The van der Waals surface area contributed by atoms with Crippen molar-refractivity contribution in [2.75, 3.05) is 6.61 Å². The number of aromatic carboxylic acids is 1. The van der Waals surface area contributed by atoms with Crippen LogP contribution in [0.25, 0.3) is 5.82 Å². The zero-order valence-corrected chi connectivity index (χ0v) is 10.1. The molecular weight excluding hydrogens is 250 g/mol. The van der Waals surface area contributed by atoms with Crippen LogP contribution in [0.5, 0.6) is 0 Å². The van der Waals surface area contributed by atoms with E-state index in [4.69, 9.17) is 9.84 Å². The van der Waals surface area contributed by atoms with Crippen LogP contribution in [0.15, 0.2) is 30.7 Å². The number of hydrogen-bond acceptors (Lipinski definition) is 5. The summed E-state index contributed by atoms with van der Waals surface area (Å²) in [4.78, 5) is 26.2. The summed E-state index contributed by atoms with van der Waals surface area (Å²) in [6, 6.07) is 3.10. The lowest BCUT2D eigenvalue weighted by atomic mass is 10.3. The van der Waals surface area contributed by atoms with Gasteiger partial charge in [-0.05, 0) is 19.1 Å². The average Bonchev–Trinajstić information content (AvgIpc) is 2.89. The summed E-state index contributed by atoms with van der Waals surface area (Å²) in [5.41, 5.74) is 0.396. The Hall–Kier alpha value is -2.70. The van der Waals surface area contributed by atoms with E-state index in [1.807, 2.05) is 0 Å². The molecule has 0 saturated heterocycles. The van der Waals surface area contributed by atoms with E-state index in [0.717, 1.165) is 0 Å². The second kappa shape index (κ2) is 5.30. The minimum Gasteiger partial charge on any atom is -0.478 e. The topological polar surface area (TPSA) is 94.3 Å².